The first kappa shape index (κ1) is 25.5. The van der Waals surface area contributed by atoms with Crippen LogP contribution in [0.4, 0.5) is 13.2 Å². The number of benzene rings is 1. The molecule has 0 bridgehead atoms. The Hall–Kier alpha value is -2.56. The standard InChI is InChI=1S/C25H28F3N3O3S/c26-25(27,28)18-4-5-20-21(14-18)30-7-6-24(20)35-13-3-1-2-12-33-23-17-34-19(15-22(23)32)16-31-10-8-29-9-11-31/h4-7,14-15,17,29H,1-3,8-13,16H2/p+3. The largest absolute Gasteiger partial charge is 0.487 e. The molecule has 4 N–H and O–H groups in total. The fourth-order valence-corrected chi connectivity index (χ4v) is 5.23. The predicted molar refractivity (Wildman–Crippen MR) is 127 cm³/mol. The molecule has 3 heterocycles. The molecule has 6 nitrogen and oxygen atoms in total. The molecule has 0 spiro atoms. The van der Waals surface area contributed by atoms with Gasteiger partial charge < -0.3 is 19.4 Å². The summed E-state index contributed by atoms with van der Waals surface area (Å²) in [5, 5.41) is 3.08. The van der Waals surface area contributed by atoms with Crippen molar-refractivity contribution in [2.75, 3.05) is 38.5 Å². The lowest BCUT2D eigenvalue weighted by Crippen LogP contribution is -3.19. The van der Waals surface area contributed by atoms with Crippen LogP contribution in [0.2, 0.25) is 0 Å². The number of H-pyrrole nitrogens is 1. The van der Waals surface area contributed by atoms with Crippen molar-refractivity contribution < 1.29 is 37.5 Å². The number of piperazine rings is 1. The number of unbranched alkanes of at least 4 members (excludes halogenated alkanes) is 2. The topological polar surface area (TPSA) is 74.6 Å². The van der Waals surface area contributed by atoms with Crippen LogP contribution in [0.25, 0.3) is 10.9 Å². The Morgan fingerprint density at radius 1 is 1.11 bits per heavy atom. The van der Waals surface area contributed by atoms with Crippen molar-refractivity contribution in [3.63, 3.8) is 0 Å². The summed E-state index contributed by atoms with van der Waals surface area (Å²) in [7, 11) is 0. The average Bonchev–Trinajstić information content (AvgIpc) is 2.84. The van der Waals surface area contributed by atoms with Crippen molar-refractivity contribution in [1.82, 2.24) is 0 Å². The van der Waals surface area contributed by atoms with Gasteiger partial charge in [0, 0.05) is 23.1 Å². The fourth-order valence-electron chi connectivity index (χ4n) is 4.16. The highest BCUT2D eigenvalue weighted by Crippen LogP contribution is 2.33. The number of nitrogens with one attached hydrogen (secondary N) is 2. The molecule has 1 fully saturated rings. The van der Waals surface area contributed by atoms with Crippen molar-refractivity contribution in [1.29, 1.82) is 0 Å². The highest BCUT2D eigenvalue weighted by molar-refractivity contribution is 7.99. The molecule has 0 saturated carbocycles. The van der Waals surface area contributed by atoms with Gasteiger partial charge in [-0.15, -0.1) is 11.8 Å². The average molecular weight is 511 g/mol. The molecule has 1 aliphatic rings. The van der Waals surface area contributed by atoms with E-state index in [1.54, 1.807) is 18.0 Å². The highest BCUT2D eigenvalue weighted by Gasteiger charge is 2.31. The highest BCUT2D eigenvalue weighted by atomic mass is 32.2. The number of nitrogens with two attached hydrogens (primary N) is 1. The number of alkyl halides is 3. The lowest BCUT2D eigenvalue weighted by Gasteiger charge is -2.21. The molecule has 35 heavy (non-hydrogen) atoms. The second-order valence-electron chi connectivity index (χ2n) is 8.73. The molecule has 1 aromatic carbocycles. The van der Waals surface area contributed by atoms with E-state index in [1.165, 1.54) is 23.3 Å². The Morgan fingerprint density at radius 3 is 2.71 bits per heavy atom. The molecule has 1 saturated heterocycles. The van der Waals surface area contributed by atoms with Gasteiger partial charge in [0.1, 0.15) is 39.0 Å². The van der Waals surface area contributed by atoms with Crippen molar-refractivity contribution in [2.24, 2.45) is 0 Å². The van der Waals surface area contributed by atoms with E-state index < -0.39 is 11.7 Å². The molecule has 10 heteroatoms. The molecular weight excluding hydrogens is 479 g/mol. The van der Waals surface area contributed by atoms with Gasteiger partial charge in [0.05, 0.1) is 17.6 Å². The van der Waals surface area contributed by atoms with E-state index in [-0.39, 0.29) is 11.2 Å². The first-order valence-corrected chi connectivity index (χ1v) is 12.9. The summed E-state index contributed by atoms with van der Waals surface area (Å²) in [4.78, 5) is 17.6. The van der Waals surface area contributed by atoms with Gasteiger partial charge in [0.2, 0.25) is 16.7 Å². The molecule has 0 unspecified atom stereocenters. The fraction of sp³-hybridized carbons (Fsp3) is 0.440. The van der Waals surface area contributed by atoms with Crippen LogP contribution in [0.15, 0.2) is 56.9 Å². The zero-order chi connectivity index (χ0) is 24.7. The second kappa shape index (κ2) is 11.9. The first-order valence-electron chi connectivity index (χ1n) is 11.9. The number of hydrogen-bond acceptors (Lipinski definition) is 4. The van der Waals surface area contributed by atoms with Gasteiger partial charge in [0.25, 0.3) is 0 Å². The molecule has 1 aliphatic heterocycles. The van der Waals surface area contributed by atoms with E-state index in [9.17, 15) is 18.0 Å². The number of rotatable bonds is 10. The lowest BCUT2D eigenvalue weighted by atomic mass is 10.1. The maximum absolute atomic E-state index is 12.9. The number of ether oxygens (including phenoxy) is 1. The Bertz CT molecular complexity index is 1180. The van der Waals surface area contributed by atoms with Crippen LogP contribution >= 0.6 is 11.8 Å². The van der Waals surface area contributed by atoms with Gasteiger partial charge in [-0.25, -0.2) is 4.98 Å². The third-order valence-corrected chi connectivity index (χ3v) is 7.23. The van der Waals surface area contributed by atoms with Crippen LogP contribution in [-0.2, 0) is 12.7 Å². The van der Waals surface area contributed by atoms with Crippen LogP contribution in [-0.4, -0.2) is 38.5 Å². The number of pyridine rings is 1. The third kappa shape index (κ3) is 7.22. The van der Waals surface area contributed by atoms with Crippen molar-refractivity contribution in [3.8, 4) is 5.75 Å². The number of thioether (sulfide) groups is 1. The Labute approximate surface area is 205 Å². The van der Waals surface area contributed by atoms with Gasteiger partial charge in [0.15, 0.2) is 12.0 Å². The molecule has 0 atom stereocenters. The van der Waals surface area contributed by atoms with Gasteiger partial charge in [-0.3, -0.25) is 4.79 Å². The monoisotopic (exact) mass is 510 g/mol. The number of hydrogen-bond donors (Lipinski definition) is 2. The molecular formula is C25H31F3N3O3S+3. The minimum Gasteiger partial charge on any atom is -0.487 e. The number of aromatic nitrogens is 1. The summed E-state index contributed by atoms with van der Waals surface area (Å²) in [6.07, 6.45) is 1.38. The van der Waals surface area contributed by atoms with Crippen LogP contribution < -0.4 is 25.4 Å². The van der Waals surface area contributed by atoms with Crippen molar-refractivity contribution in [3.05, 3.63) is 64.3 Å². The molecule has 0 amide bonds. The van der Waals surface area contributed by atoms with Crippen LogP contribution in [0, 0.1) is 0 Å². The third-order valence-electron chi connectivity index (χ3n) is 6.07. The molecule has 0 radical (unpaired) electrons. The molecule has 188 valence electrons. The summed E-state index contributed by atoms with van der Waals surface area (Å²) in [6, 6.07) is 7.21. The minimum atomic E-state index is -4.36. The van der Waals surface area contributed by atoms with E-state index in [2.05, 4.69) is 10.3 Å². The van der Waals surface area contributed by atoms with E-state index in [1.807, 2.05) is 6.07 Å². The normalized spacial score (nSPS) is 14.9. The Morgan fingerprint density at radius 2 is 1.94 bits per heavy atom. The van der Waals surface area contributed by atoms with Crippen LogP contribution in [0.5, 0.6) is 5.75 Å². The van der Waals surface area contributed by atoms with E-state index in [0.29, 0.717) is 17.9 Å². The summed E-state index contributed by atoms with van der Waals surface area (Å²) >= 11 is 1.62. The molecule has 3 aromatic rings. The number of halogens is 3. The van der Waals surface area contributed by atoms with Gasteiger partial charge in [-0.1, -0.05) is 0 Å². The molecule has 0 aliphatic carbocycles. The predicted octanol–water partition coefficient (Wildman–Crippen LogP) is 1.93. The summed E-state index contributed by atoms with van der Waals surface area (Å²) in [5.74, 6) is 1.78. The lowest BCUT2D eigenvalue weighted by molar-refractivity contribution is -0.958. The summed E-state index contributed by atoms with van der Waals surface area (Å²) in [5.41, 5.74) is -0.334. The van der Waals surface area contributed by atoms with E-state index >= 15 is 0 Å². The number of quaternary nitrogens is 2. The molecule has 4 rings (SSSR count). The Kier molecular flexibility index (Phi) is 8.69. The Balaban J connectivity index is 1.18. The first-order chi connectivity index (χ1) is 16.9. The zero-order valence-electron chi connectivity index (χ0n) is 19.5. The maximum Gasteiger partial charge on any atom is 0.416 e. The number of aromatic amines is 1. The van der Waals surface area contributed by atoms with E-state index in [0.717, 1.165) is 80.2 Å². The quantitative estimate of drug-likeness (QED) is 0.323. The maximum atomic E-state index is 12.9. The van der Waals surface area contributed by atoms with E-state index in [4.69, 9.17) is 9.15 Å². The van der Waals surface area contributed by atoms with Gasteiger partial charge in [-0.05, 0) is 37.1 Å². The van der Waals surface area contributed by atoms with Crippen LogP contribution in [0.3, 0.4) is 0 Å². The summed E-state index contributed by atoms with van der Waals surface area (Å²) in [6.45, 7) is 5.49. The number of fused-ring (bicyclic) bond motifs is 1. The SMILES string of the molecule is O=c1cc(C[NH+]2CC[NH2+]CC2)occ1OCCCCCSc1cc[nH+]c2cc(C(F)(F)F)ccc12. The van der Waals surface area contributed by atoms with Gasteiger partial charge in [-0.2, -0.15) is 13.2 Å². The molecule has 2 aromatic heterocycles. The minimum absolute atomic E-state index is 0.147. The van der Waals surface area contributed by atoms with Crippen molar-refractivity contribution in [2.45, 2.75) is 36.9 Å². The summed E-state index contributed by atoms with van der Waals surface area (Å²) < 4.78 is 50.1. The van der Waals surface area contributed by atoms with Crippen molar-refractivity contribution >= 4 is 22.7 Å². The van der Waals surface area contributed by atoms with Crippen LogP contribution in [0.1, 0.15) is 30.6 Å². The smallest absolute Gasteiger partial charge is 0.416 e. The van der Waals surface area contributed by atoms with Gasteiger partial charge >= 0.3 is 6.18 Å². The second-order valence-corrected chi connectivity index (χ2v) is 9.86. The zero-order valence-corrected chi connectivity index (χ0v) is 20.3.